The first-order valence-corrected chi connectivity index (χ1v) is 10.8. The lowest BCUT2D eigenvalue weighted by Crippen LogP contribution is -2.34. The van der Waals surface area contributed by atoms with Gasteiger partial charge in [-0.15, -0.1) is 12.4 Å². The van der Waals surface area contributed by atoms with Crippen LogP contribution in [-0.2, 0) is 0 Å². The Morgan fingerprint density at radius 3 is 2.39 bits per heavy atom. The Kier molecular flexibility index (Phi) is 9.34. The fourth-order valence-corrected chi connectivity index (χ4v) is 4.54. The van der Waals surface area contributed by atoms with Crippen molar-refractivity contribution in [2.24, 2.45) is 0 Å². The number of benzene rings is 2. The van der Waals surface area contributed by atoms with Gasteiger partial charge in [0.15, 0.2) is 0 Å². The fraction of sp³-hybridized carbons (Fsp3) is 0.520. The molecule has 1 fully saturated rings. The number of aromatic hydroxyl groups is 1. The van der Waals surface area contributed by atoms with Crippen LogP contribution in [0.25, 0.3) is 0 Å². The molecule has 1 heterocycles. The van der Waals surface area contributed by atoms with Crippen LogP contribution in [0.4, 0.5) is 0 Å². The van der Waals surface area contributed by atoms with Gasteiger partial charge in [-0.1, -0.05) is 74.2 Å². The summed E-state index contributed by atoms with van der Waals surface area (Å²) in [7, 11) is 0. The zero-order valence-corrected chi connectivity index (χ0v) is 18.3. The van der Waals surface area contributed by atoms with Crippen molar-refractivity contribution in [1.82, 2.24) is 4.90 Å². The molecular weight excluding hydrogens is 366 g/mol. The molecule has 1 aliphatic heterocycles. The second-order valence-electron chi connectivity index (χ2n) is 8.15. The van der Waals surface area contributed by atoms with Crippen LogP contribution in [-0.4, -0.2) is 29.1 Å². The molecule has 28 heavy (non-hydrogen) atoms. The van der Waals surface area contributed by atoms with Gasteiger partial charge in [0.25, 0.3) is 0 Å². The maximum atomic E-state index is 10.6. The number of nitrogens with zero attached hydrogens (tertiary/aromatic N) is 1. The normalized spacial score (nSPS) is 16.5. The molecule has 2 aromatic carbocycles. The van der Waals surface area contributed by atoms with Crippen molar-refractivity contribution in [3.8, 4) is 5.75 Å². The Bertz CT molecular complexity index is 697. The largest absolute Gasteiger partial charge is 0.508 e. The third kappa shape index (κ3) is 5.99. The van der Waals surface area contributed by atoms with E-state index < -0.39 is 0 Å². The van der Waals surface area contributed by atoms with E-state index >= 15 is 0 Å². The smallest absolute Gasteiger partial charge is 0.119 e. The van der Waals surface area contributed by atoms with Gasteiger partial charge in [-0.2, -0.15) is 0 Å². The van der Waals surface area contributed by atoms with Crippen LogP contribution in [0.3, 0.4) is 0 Å². The summed E-state index contributed by atoms with van der Waals surface area (Å²) in [4.78, 5) is 2.71. The van der Waals surface area contributed by atoms with Crippen molar-refractivity contribution in [3.63, 3.8) is 0 Å². The van der Waals surface area contributed by atoms with Gasteiger partial charge in [0.2, 0.25) is 0 Å². The quantitative estimate of drug-likeness (QED) is 0.473. The summed E-state index contributed by atoms with van der Waals surface area (Å²) in [6.45, 7) is 6.86. The van der Waals surface area contributed by atoms with Crippen LogP contribution in [0.1, 0.15) is 74.5 Å². The maximum Gasteiger partial charge on any atom is 0.119 e. The average molecular weight is 402 g/mol. The minimum atomic E-state index is 0. The number of rotatable bonds is 9. The molecule has 0 saturated carbocycles. The molecule has 1 N–H and O–H groups in total. The molecule has 0 bridgehead atoms. The van der Waals surface area contributed by atoms with Crippen LogP contribution in [0, 0.1) is 6.92 Å². The zero-order chi connectivity index (χ0) is 19.1. The molecule has 3 rings (SSSR count). The molecule has 2 nitrogen and oxygen atoms in total. The lowest BCUT2D eigenvalue weighted by atomic mass is 9.83. The Hall–Kier alpha value is -1.51. The topological polar surface area (TPSA) is 23.5 Å². The number of phenolic OH excluding ortho intramolecular Hbond substituents is 1. The van der Waals surface area contributed by atoms with Crippen molar-refractivity contribution in [3.05, 3.63) is 65.2 Å². The lowest BCUT2D eigenvalue weighted by Gasteiger charge is -2.32. The minimum absolute atomic E-state index is 0. The number of likely N-dealkylation sites (tertiary alicyclic amines) is 1. The van der Waals surface area contributed by atoms with Gasteiger partial charge < -0.3 is 10.0 Å². The van der Waals surface area contributed by atoms with E-state index in [1.54, 1.807) is 0 Å². The molecule has 2 atom stereocenters. The third-order valence-electron chi connectivity index (χ3n) is 6.07. The first-order valence-electron chi connectivity index (χ1n) is 10.8. The van der Waals surface area contributed by atoms with Crippen molar-refractivity contribution in [2.75, 3.05) is 13.1 Å². The van der Waals surface area contributed by atoms with Gasteiger partial charge in [0, 0.05) is 17.5 Å². The molecule has 0 aliphatic carbocycles. The van der Waals surface area contributed by atoms with E-state index in [4.69, 9.17) is 0 Å². The Morgan fingerprint density at radius 1 is 1.00 bits per heavy atom. The Morgan fingerprint density at radius 2 is 1.71 bits per heavy atom. The number of phenols is 1. The molecule has 0 spiro atoms. The SMILES string of the molecule is CCCCCC(CC(c1ccccc1)c1cc(C)ccc1O)N1CCCC1.Cl. The maximum absolute atomic E-state index is 10.6. The van der Waals surface area contributed by atoms with Crippen LogP contribution in [0.2, 0.25) is 0 Å². The molecule has 3 heteroatoms. The van der Waals surface area contributed by atoms with Crippen molar-refractivity contribution >= 4 is 12.4 Å². The van der Waals surface area contributed by atoms with Gasteiger partial charge in [-0.3, -0.25) is 0 Å². The summed E-state index contributed by atoms with van der Waals surface area (Å²) in [5.74, 6) is 0.682. The summed E-state index contributed by atoms with van der Waals surface area (Å²) >= 11 is 0. The van der Waals surface area contributed by atoms with Crippen molar-refractivity contribution in [2.45, 2.75) is 70.8 Å². The highest BCUT2D eigenvalue weighted by Crippen LogP contribution is 2.37. The number of unbranched alkanes of at least 4 members (excludes halogenated alkanes) is 2. The molecular formula is C25H36ClNO. The predicted molar refractivity (Wildman–Crippen MR) is 122 cm³/mol. The summed E-state index contributed by atoms with van der Waals surface area (Å²) in [6, 6.07) is 17.4. The van der Waals surface area contributed by atoms with E-state index in [1.165, 1.54) is 62.7 Å². The van der Waals surface area contributed by atoms with Gasteiger partial charge >= 0.3 is 0 Å². The average Bonchev–Trinajstić information content (AvgIpc) is 3.22. The Balaban J connectivity index is 0.00000280. The van der Waals surface area contributed by atoms with Crippen LogP contribution in [0.5, 0.6) is 5.75 Å². The van der Waals surface area contributed by atoms with Crippen LogP contribution < -0.4 is 0 Å². The van der Waals surface area contributed by atoms with E-state index in [9.17, 15) is 5.11 Å². The second kappa shape index (κ2) is 11.5. The van der Waals surface area contributed by atoms with Crippen molar-refractivity contribution in [1.29, 1.82) is 0 Å². The van der Waals surface area contributed by atoms with E-state index in [2.05, 4.69) is 55.1 Å². The minimum Gasteiger partial charge on any atom is -0.508 e. The second-order valence-corrected chi connectivity index (χ2v) is 8.15. The third-order valence-corrected chi connectivity index (χ3v) is 6.07. The monoisotopic (exact) mass is 401 g/mol. The highest BCUT2D eigenvalue weighted by Gasteiger charge is 2.27. The standard InChI is InChI=1S/C25H35NO.ClH/c1-3-4-6-13-22(26-16-9-10-17-26)19-23(21-11-7-5-8-12-21)24-18-20(2)14-15-25(24)27;/h5,7-8,11-12,14-15,18,22-23,27H,3-4,6,9-10,13,16-17,19H2,1-2H3;1H. The lowest BCUT2D eigenvalue weighted by molar-refractivity contribution is 0.208. The fourth-order valence-electron chi connectivity index (χ4n) is 4.54. The first-order chi connectivity index (χ1) is 13.2. The van der Waals surface area contributed by atoms with E-state index in [0.717, 1.165) is 12.0 Å². The zero-order valence-electron chi connectivity index (χ0n) is 17.4. The van der Waals surface area contributed by atoms with Gasteiger partial charge in [0.1, 0.15) is 5.75 Å². The molecule has 2 unspecified atom stereocenters. The summed E-state index contributed by atoms with van der Waals surface area (Å²) in [5.41, 5.74) is 3.62. The molecule has 0 amide bonds. The number of halogens is 1. The summed E-state index contributed by atoms with van der Waals surface area (Å²) in [6.07, 6.45) is 8.91. The predicted octanol–water partition coefficient (Wildman–Crippen LogP) is 6.69. The first kappa shape index (κ1) is 22.8. The highest BCUT2D eigenvalue weighted by atomic mass is 35.5. The van der Waals surface area contributed by atoms with E-state index in [0.29, 0.717) is 11.8 Å². The summed E-state index contributed by atoms with van der Waals surface area (Å²) in [5, 5.41) is 10.6. The molecule has 154 valence electrons. The van der Waals surface area contributed by atoms with Crippen LogP contribution >= 0.6 is 12.4 Å². The summed E-state index contributed by atoms with van der Waals surface area (Å²) < 4.78 is 0. The molecule has 0 aromatic heterocycles. The molecule has 1 aliphatic rings. The van der Waals surface area contributed by atoms with Gasteiger partial charge in [-0.25, -0.2) is 0 Å². The Labute approximate surface area is 177 Å². The number of hydrogen-bond donors (Lipinski definition) is 1. The van der Waals surface area contributed by atoms with Gasteiger partial charge in [0.05, 0.1) is 0 Å². The molecule has 1 saturated heterocycles. The van der Waals surface area contributed by atoms with E-state index in [-0.39, 0.29) is 18.3 Å². The van der Waals surface area contributed by atoms with Crippen molar-refractivity contribution < 1.29 is 5.11 Å². The highest BCUT2D eigenvalue weighted by molar-refractivity contribution is 5.85. The molecule has 0 radical (unpaired) electrons. The van der Waals surface area contributed by atoms with Crippen LogP contribution in [0.15, 0.2) is 48.5 Å². The number of hydrogen-bond acceptors (Lipinski definition) is 2. The van der Waals surface area contributed by atoms with E-state index in [1.807, 2.05) is 12.1 Å². The number of aryl methyl sites for hydroxylation is 1. The molecule has 2 aromatic rings. The van der Waals surface area contributed by atoms with Gasteiger partial charge in [-0.05, 0) is 57.3 Å².